The molecular weight excluding hydrogens is 424 g/mol. The molecule has 0 amide bonds. The molecule has 174 valence electrons. The highest BCUT2D eigenvalue weighted by atomic mass is 16.5. The van der Waals surface area contributed by atoms with Gasteiger partial charge in [-0.25, -0.2) is 4.79 Å². The molecule has 1 aliphatic heterocycles. The summed E-state index contributed by atoms with van der Waals surface area (Å²) in [5.41, 5.74) is 3.28. The van der Waals surface area contributed by atoms with E-state index in [0.717, 1.165) is 24.5 Å². The summed E-state index contributed by atoms with van der Waals surface area (Å²) >= 11 is 0. The van der Waals surface area contributed by atoms with E-state index < -0.39 is 11.9 Å². The number of carbonyl (C=O) groups is 2. The van der Waals surface area contributed by atoms with Crippen LogP contribution in [0, 0.1) is 0 Å². The van der Waals surface area contributed by atoms with Gasteiger partial charge >= 0.3 is 11.9 Å². The first-order chi connectivity index (χ1) is 16.0. The first-order valence-electron chi connectivity index (χ1n) is 11.2. The summed E-state index contributed by atoms with van der Waals surface area (Å²) in [4.78, 5) is 27.7. The van der Waals surface area contributed by atoms with Crippen LogP contribution in [0.1, 0.15) is 29.9 Å². The Kier molecular flexibility index (Phi) is 6.84. The predicted molar refractivity (Wildman–Crippen MR) is 124 cm³/mol. The minimum Gasteiger partial charge on any atom is -0.508 e. The second-order valence-corrected chi connectivity index (χ2v) is 7.68. The molecule has 0 spiro atoms. The second kappa shape index (κ2) is 9.95. The van der Waals surface area contributed by atoms with Gasteiger partial charge in [0, 0.05) is 35.5 Å². The Balaban J connectivity index is 1.86. The monoisotopic (exact) mass is 452 g/mol. The molecule has 3 aromatic rings. The maximum atomic E-state index is 12.9. The highest BCUT2D eigenvalue weighted by molar-refractivity contribution is 6.07. The molecule has 1 saturated heterocycles. The van der Waals surface area contributed by atoms with Crippen LogP contribution in [-0.2, 0) is 25.4 Å². The third-order valence-electron chi connectivity index (χ3n) is 5.63. The number of anilines is 1. The molecule has 0 atom stereocenters. The number of nitrogens with zero attached hydrogens (tertiary/aromatic N) is 2. The SMILES string of the molecule is CCOC(=O)Cc1c(C(=O)OCC)c2cc(O)ccc2n1-c1ccc(N2CCOCC2)cc1. The molecule has 1 aliphatic rings. The van der Waals surface area contributed by atoms with E-state index >= 15 is 0 Å². The van der Waals surface area contributed by atoms with E-state index in [4.69, 9.17) is 14.2 Å². The Bertz CT molecular complexity index is 1150. The fourth-order valence-electron chi connectivity index (χ4n) is 4.21. The third-order valence-corrected chi connectivity index (χ3v) is 5.63. The molecule has 2 heterocycles. The zero-order chi connectivity index (χ0) is 23.4. The van der Waals surface area contributed by atoms with Crippen LogP contribution in [0.15, 0.2) is 42.5 Å². The van der Waals surface area contributed by atoms with Crippen LogP contribution in [-0.4, -0.2) is 61.1 Å². The van der Waals surface area contributed by atoms with Crippen LogP contribution < -0.4 is 4.90 Å². The molecule has 0 unspecified atom stereocenters. The lowest BCUT2D eigenvalue weighted by molar-refractivity contribution is -0.142. The first-order valence-corrected chi connectivity index (χ1v) is 11.2. The van der Waals surface area contributed by atoms with Crippen molar-refractivity contribution < 1.29 is 28.9 Å². The predicted octanol–water partition coefficient (Wildman–Crippen LogP) is 3.46. The number of fused-ring (bicyclic) bond motifs is 1. The summed E-state index contributed by atoms with van der Waals surface area (Å²) < 4.78 is 17.8. The molecule has 1 fully saturated rings. The lowest BCUT2D eigenvalue weighted by Gasteiger charge is -2.29. The summed E-state index contributed by atoms with van der Waals surface area (Å²) in [6.07, 6.45) is -0.108. The number of benzene rings is 2. The van der Waals surface area contributed by atoms with Crippen molar-refractivity contribution in [3.8, 4) is 11.4 Å². The fraction of sp³-hybridized carbons (Fsp3) is 0.360. The van der Waals surface area contributed by atoms with Crippen LogP contribution in [0.25, 0.3) is 16.6 Å². The first kappa shape index (κ1) is 22.7. The minimum absolute atomic E-state index is 0.0237. The molecule has 0 saturated carbocycles. The molecule has 1 aromatic heterocycles. The van der Waals surface area contributed by atoms with E-state index in [1.165, 1.54) is 6.07 Å². The second-order valence-electron chi connectivity index (χ2n) is 7.68. The zero-order valence-corrected chi connectivity index (χ0v) is 18.9. The van der Waals surface area contributed by atoms with Crippen molar-refractivity contribution in [1.29, 1.82) is 0 Å². The molecular formula is C25H28N2O6. The number of morpholine rings is 1. The smallest absolute Gasteiger partial charge is 0.340 e. The van der Waals surface area contributed by atoms with Gasteiger partial charge in [-0.05, 0) is 56.3 Å². The van der Waals surface area contributed by atoms with Gasteiger partial charge in [0.1, 0.15) is 5.75 Å². The number of aromatic hydroxyl groups is 1. The van der Waals surface area contributed by atoms with Gasteiger partial charge in [-0.2, -0.15) is 0 Å². The fourth-order valence-corrected chi connectivity index (χ4v) is 4.21. The van der Waals surface area contributed by atoms with Crippen LogP contribution in [0.3, 0.4) is 0 Å². The van der Waals surface area contributed by atoms with E-state index in [9.17, 15) is 14.7 Å². The maximum absolute atomic E-state index is 12.9. The highest BCUT2D eigenvalue weighted by Crippen LogP contribution is 2.34. The molecule has 4 rings (SSSR count). The molecule has 8 nitrogen and oxygen atoms in total. The number of phenols is 1. The lowest BCUT2D eigenvalue weighted by Crippen LogP contribution is -2.36. The normalized spacial score (nSPS) is 13.8. The summed E-state index contributed by atoms with van der Waals surface area (Å²) in [7, 11) is 0. The van der Waals surface area contributed by atoms with Gasteiger partial charge in [-0.1, -0.05) is 0 Å². The van der Waals surface area contributed by atoms with Crippen molar-refractivity contribution in [3.05, 3.63) is 53.7 Å². The molecule has 0 aliphatic carbocycles. The topological polar surface area (TPSA) is 90.2 Å². The summed E-state index contributed by atoms with van der Waals surface area (Å²) in [5, 5.41) is 10.6. The Morgan fingerprint density at radius 1 is 0.970 bits per heavy atom. The summed E-state index contributed by atoms with van der Waals surface area (Å²) in [5.74, 6) is -0.965. The number of rotatable bonds is 7. The van der Waals surface area contributed by atoms with E-state index in [1.807, 2.05) is 28.8 Å². The van der Waals surface area contributed by atoms with Gasteiger partial charge in [-0.3, -0.25) is 4.79 Å². The van der Waals surface area contributed by atoms with Crippen LogP contribution >= 0.6 is 0 Å². The van der Waals surface area contributed by atoms with E-state index in [-0.39, 0.29) is 30.9 Å². The summed E-state index contributed by atoms with van der Waals surface area (Å²) in [6, 6.07) is 12.8. The molecule has 0 radical (unpaired) electrons. The van der Waals surface area contributed by atoms with E-state index in [1.54, 1.807) is 26.0 Å². The highest BCUT2D eigenvalue weighted by Gasteiger charge is 2.27. The van der Waals surface area contributed by atoms with Gasteiger partial charge in [0.25, 0.3) is 0 Å². The largest absolute Gasteiger partial charge is 0.508 e. The Morgan fingerprint density at radius 3 is 2.30 bits per heavy atom. The Labute approximate surface area is 192 Å². The third kappa shape index (κ3) is 4.66. The molecule has 8 heteroatoms. The average molecular weight is 453 g/mol. The quantitative estimate of drug-likeness (QED) is 0.549. The van der Waals surface area contributed by atoms with Gasteiger partial charge in [0.05, 0.1) is 43.9 Å². The van der Waals surface area contributed by atoms with E-state index in [0.29, 0.717) is 29.8 Å². The number of phenolic OH excluding ortho intramolecular Hbond substituents is 1. The number of carbonyl (C=O) groups excluding carboxylic acids is 2. The van der Waals surface area contributed by atoms with Crippen molar-refractivity contribution in [2.24, 2.45) is 0 Å². The number of hydrogen-bond donors (Lipinski definition) is 1. The van der Waals surface area contributed by atoms with Crippen LogP contribution in [0.4, 0.5) is 5.69 Å². The van der Waals surface area contributed by atoms with Crippen LogP contribution in [0.2, 0.25) is 0 Å². The van der Waals surface area contributed by atoms with Crippen molar-refractivity contribution >= 4 is 28.5 Å². The van der Waals surface area contributed by atoms with Crippen molar-refractivity contribution in [1.82, 2.24) is 4.57 Å². The molecule has 33 heavy (non-hydrogen) atoms. The van der Waals surface area contributed by atoms with Gasteiger partial charge in [0.15, 0.2) is 0 Å². The van der Waals surface area contributed by atoms with E-state index in [2.05, 4.69) is 4.90 Å². The number of ether oxygens (including phenoxy) is 3. The minimum atomic E-state index is -0.545. The standard InChI is InChI=1S/C25H28N2O6/c1-3-32-23(29)16-22-24(25(30)33-4-2)20-15-19(28)9-10-21(20)27(22)18-7-5-17(6-8-18)26-11-13-31-14-12-26/h5-10,15,28H,3-4,11-14,16H2,1-2H3. The Hall–Kier alpha value is -3.52. The van der Waals surface area contributed by atoms with Crippen molar-refractivity contribution in [2.75, 3.05) is 44.4 Å². The Morgan fingerprint density at radius 2 is 1.64 bits per heavy atom. The van der Waals surface area contributed by atoms with Gasteiger partial charge in [0.2, 0.25) is 0 Å². The lowest BCUT2D eigenvalue weighted by atomic mass is 10.1. The van der Waals surface area contributed by atoms with Gasteiger partial charge < -0.3 is 28.8 Å². The number of esters is 2. The number of hydrogen-bond acceptors (Lipinski definition) is 7. The number of aromatic nitrogens is 1. The molecule has 0 bridgehead atoms. The zero-order valence-electron chi connectivity index (χ0n) is 18.9. The average Bonchev–Trinajstić information content (AvgIpc) is 3.12. The van der Waals surface area contributed by atoms with Crippen molar-refractivity contribution in [2.45, 2.75) is 20.3 Å². The molecule has 1 N–H and O–H groups in total. The van der Waals surface area contributed by atoms with Gasteiger partial charge in [-0.15, -0.1) is 0 Å². The molecule has 2 aromatic carbocycles. The van der Waals surface area contributed by atoms with Crippen molar-refractivity contribution in [3.63, 3.8) is 0 Å². The van der Waals surface area contributed by atoms with Crippen LogP contribution in [0.5, 0.6) is 5.75 Å². The summed E-state index contributed by atoms with van der Waals surface area (Å²) in [6.45, 7) is 6.94. The maximum Gasteiger partial charge on any atom is 0.340 e.